The second kappa shape index (κ2) is 36.4. The number of rotatable bonds is 42. The molecule has 0 amide bonds. The Kier molecular flexibility index (Phi) is 32.1. The van der Waals surface area contributed by atoms with Crippen molar-refractivity contribution in [3.05, 3.63) is 41.5 Å². The van der Waals surface area contributed by atoms with Crippen LogP contribution in [0, 0.1) is 0 Å². The molecule has 0 radical (unpaired) electrons. The zero-order valence-corrected chi connectivity index (χ0v) is 39.3. The zero-order chi connectivity index (χ0) is 43.3. The number of hydrogen-bond acceptors (Lipinski definition) is 7. The van der Waals surface area contributed by atoms with Crippen molar-refractivity contribution in [3.63, 3.8) is 0 Å². The Balaban J connectivity index is 2.24. The molecule has 0 aromatic heterocycles. The largest absolute Gasteiger partial charge is 0.490 e. The maximum atomic E-state index is 14.0. The molecule has 0 fully saturated rings. The average Bonchev–Trinajstić information content (AvgIpc) is 3.25. The van der Waals surface area contributed by atoms with Crippen molar-refractivity contribution in [2.75, 3.05) is 33.0 Å². The molecule has 0 spiro atoms. The molecule has 0 aliphatic carbocycles. The number of hydrogen-bond donors (Lipinski definition) is 0. The third-order valence-corrected chi connectivity index (χ3v) is 11.2. The molecular weight excluding hydrogens is 749 g/mol. The topological polar surface area (TPSA) is 80.3 Å². The quantitative estimate of drug-likeness (QED) is 0.0374. The SMILES string of the molecule is CCCCCCCCCCOc1ccc(C(=O)CC(=O)c2cc(OCCCCCC)c(OCCCCCC)c(OCCCCCC)c2)cc1OCCCCCCCCCC. The minimum atomic E-state index is -0.280. The Morgan fingerprint density at radius 2 is 0.633 bits per heavy atom. The number of unbranched alkanes of at least 4 members (excludes halogenated alkanes) is 23. The van der Waals surface area contributed by atoms with Gasteiger partial charge in [-0.25, -0.2) is 0 Å². The first-order valence-corrected chi connectivity index (χ1v) is 25.0. The third-order valence-electron chi connectivity index (χ3n) is 11.2. The predicted octanol–water partition coefficient (Wildman–Crippen LogP) is 16.1. The van der Waals surface area contributed by atoms with Crippen molar-refractivity contribution in [3.8, 4) is 28.7 Å². The van der Waals surface area contributed by atoms with E-state index in [9.17, 15) is 9.59 Å². The van der Waals surface area contributed by atoms with Crippen LogP contribution in [0.3, 0.4) is 0 Å². The maximum absolute atomic E-state index is 14.0. The molecule has 0 bridgehead atoms. The van der Waals surface area contributed by atoms with Gasteiger partial charge in [0.2, 0.25) is 5.75 Å². The molecule has 0 aliphatic heterocycles. The van der Waals surface area contributed by atoms with Gasteiger partial charge in [0, 0.05) is 11.1 Å². The van der Waals surface area contributed by atoms with Crippen molar-refractivity contribution < 1.29 is 33.3 Å². The molecule has 0 heterocycles. The van der Waals surface area contributed by atoms with E-state index >= 15 is 0 Å². The van der Waals surface area contributed by atoms with Gasteiger partial charge in [-0.05, 0) is 62.4 Å². The second-order valence-electron chi connectivity index (χ2n) is 16.9. The minimum absolute atomic E-state index is 0.258. The summed E-state index contributed by atoms with van der Waals surface area (Å²) >= 11 is 0. The van der Waals surface area contributed by atoms with E-state index in [-0.39, 0.29) is 18.0 Å². The lowest BCUT2D eigenvalue weighted by Gasteiger charge is -2.19. The highest BCUT2D eigenvalue weighted by Crippen LogP contribution is 2.40. The first-order chi connectivity index (χ1) is 29.5. The first kappa shape index (κ1) is 52.9. The van der Waals surface area contributed by atoms with Crippen LogP contribution in [0.15, 0.2) is 30.3 Å². The summed E-state index contributed by atoms with van der Waals surface area (Å²) in [5, 5.41) is 0. The summed E-state index contributed by atoms with van der Waals surface area (Å²) in [4.78, 5) is 27.8. The fraction of sp³-hybridized carbons (Fsp3) is 0.736. The van der Waals surface area contributed by atoms with Crippen LogP contribution in [-0.4, -0.2) is 44.6 Å². The zero-order valence-electron chi connectivity index (χ0n) is 39.3. The lowest BCUT2D eigenvalue weighted by Crippen LogP contribution is -2.12. The van der Waals surface area contributed by atoms with E-state index in [4.69, 9.17) is 23.7 Å². The molecule has 342 valence electrons. The van der Waals surface area contributed by atoms with Gasteiger partial charge < -0.3 is 23.7 Å². The summed E-state index contributed by atoms with van der Waals surface area (Å²) in [5.41, 5.74) is 0.839. The van der Waals surface area contributed by atoms with Crippen LogP contribution in [0.25, 0.3) is 0 Å². The Labute approximate surface area is 367 Å². The highest BCUT2D eigenvalue weighted by Gasteiger charge is 2.22. The number of ether oxygens (including phenoxy) is 5. The lowest BCUT2D eigenvalue weighted by atomic mass is 10.0. The standard InChI is InChI=1S/C53H88O7/c1-6-11-16-21-23-25-27-32-36-56-49-35-34-45(41-50(49)57-37-33-28-26-24-22-17-12-7-2)47(54)44-48(55)46-42-51(58-38-29-18-13-8-3)53(60-40-31-20-15-10-5)52(43-46)59-39-30-19-14-9-4/h34-35,41-43H,6-33,36-40,44H2,1-5H3. The highest BCUT2D eigenvalue weighted by atomic mass is 16.5. The maximum Gasteiger partial charge on any atom is 0.203 e. The number of Topliss-reactive ketones (excluding diaryl/α,β-unsaturated/α-hetero) is 2. The average molecular weight is 837 g/mol. The Bertz CT molecular complexity index is 1340. The lowest BCUT2D eigenvalue weighted by molar-refractivity contribution is 0.0893. The second-order valence-corrected chi connectivity index (χ2v) is 16.9. The van der Waals surface area contributed by atoms with Gasteiger partial charge in [0.05, 0.1) is 39.5 Å². The molecule has 2 rings (SSSR count). The van der Waals surface area contributed by atoms with Crippen LogP contribution in [0.5, 0.6) is 28.7 Å². The molecule has 0 saturated carbocycles. The number of carbonyl (C=O) groups excluding carboxylic acids is 2. The van der Waals surface area contributed by atoms with Gasteiger partial charge in [-0.2, -0.15) is 0 Å². The van der Waals surface area contributed by atoms with Crippen LogP contribution in [-0.2, 0) is 0 Å². The summed E-state index contributed by atoms with van der Waals surface area (Å²) in [6, 6.07) is 8.89. The van der Waals surface area contributed by atoms with Gasteiger partial charge in [-0.15, -0.1) is 0 Å². The summed E-state index contributed by atoms with van der Waals surface area (Å²) < 4.78 is 31.6. The van der Waals surface area contributed by atoms with Crippen LogP contribution in [0.2, 0.25) is 0 Å². The van der Waals surface area contributed by atoms with Crippen molar-refractivity contribution in [2.45, 2.75) is 221 Å². The molecule has 7 heteroatoms. The summed E-state index contributed by atoms with van der Waals surface area (Å²) in [5.74, 6) is 2.28. The molecule has 2 aromatic carbocycles. The number of benzene rings is 2. The number of carbonyl (C=O) groups is 2. The van der Waals surface area contributed by atoms with E-state index in [2.05, 4.69) is 34.6 Å². The van der Waals surface area contributed by atoms with Crippen LogP contribution in [0.1, 0.15) is 242 Å². The van der Waals surface area contributed by atoms with Gasteiger partial charge >= 0.3 is 0 Å². The van der Waals surface area contributed by atoms with Crippen molar-refractivity contribution in [2.24, 2.45) is 0 Å². The molecule has 0 unspecified atom stereocenters. The van der Waals surface area contributed by atoms with Crippen molar-refractivity contribution in [1.29, 1.82) is 0 Å². The van der Waals surface area contributed by atoms with Gasteiger partial charge in [0.15, 0.2) is 34.6 Å². The molecule has 60 heavy (non-hydrogen) atoms. The molecule has 7 nitrogen and oxygen atoms in total. The molecular formula is C53H88O7. The molecule has 0 atom stereocenters. The highest BCUT2D eigenvalue weighted by molar-refractivity contribution is 6.14. The molecule has 0 N–H and O–H groups in total. The van der Waals surface area contributed by atoms with Gasteiger partial charge in [0.25, 0.3) is 0 Å². The fourth-order valence-electron chi connectivity index (χ4n) is 7.32. The van der Waals surface area contributed by atoms with Gasteiger partial charge in [0.1, 0.15) is 0 Å². The summed E-state index contributed by atoms with van der Waals surface area (Å²) in [6.45, 7) is 13.9. The predicted molar refractivity (Wildman–Crippen MR) is 251 cm³/mol. The molecule has 2 aromatic rings. The van der Waals surface area contributed by atoms with Crippen molar-refractivity contribution >= 4 is 11.6 Å². The van der Waals surface area contributed by atoms with E-state index in [1.807, 2.05) is 6.07 Å². The molecule has 0 saturated heterocycles. The van der Waals surface area contributed by atoms with E-state index in [1.165, 1.54) is 77.0 Å². The Morgan fingerprint density at radius 1 is 0.333 bits per heavy atom. The smallest absolute Gasteiger partial charge is 0.203 e. The van der Waals surface area contributed by atoms with Gasteiger partial charge in [-0.1, -0.05) is 182 Å². The molecule has 0 aliphatic rings. The minimum Gasteiger partial charge on any atom is -0.490 e. The van der Waals surface area contributed by atoms with E-state index in [1.54, 1.807) is 24.3 Å². The fourth-order valence-corrected chi connectivity index (χ4v) is 7.32. The van der Waals surface area contributed by atoms with Crippen LogP contribution in [0.4, 0.5) is 0 Å². The number of ketones is 2. The Hall–Kier alpha value is -3.22. The van der Waals surface area contributed by atoms with Crippen LogP contribution < -0.4 is 23.7 Å². The van der Waals surface area contributed by atoms with Crippen LogP contribution >= 0.6 is 0 Å². The summed E-state index contributed by atoms with van der Waals surface area (Å²) in [7, 11) is 0. The van der Waals surface area contributed by atoms with E-state index in [0.29, 0.717) is 72.9 Å². The van der Waals surface area contributed by atoms with E-state index in [0.717, 1.165) is 103 Å². The summed E-state index contributed by atoms with van der Waals surface area (Å²) in [6.07, 6.45) is 32.2. The van der Waals surface area contributed by atoms with E-state index < -0.39 is 0 Å². The monoisotopic (exact) mass is 837 g/mol. The van der Waals surface area contributed by atoms with Crippen molar-refractivity contribution in [1.82, 2.24) is 0 Å². The normalized spacial score (nSPS) is 11.2. The Morgan fingerprint density at radius 3 is 1.05 bits per heavy atom. The van der Waals surface area contributed by atoms with Gasteiger partial charge in [-0.3, -0.25) is 9.59 Å². The third kappa shape index (κ3) is 24.3. The first-order valence-electron chi connectivity index (χ1n) is 25.0.